The standard InChI is InChI=1S/C24H25N5O3S/c1-16-15-25-24(33-16)28-23(30)18-6-4-7-19-21(18)27-22(26-19)17-5-2-3-8-20(17)32-14-11-29-9-12-31-13-10-29/h2-8,15H,9-14H2,1H3,(H,26,27)(H,25,28,30). The lowest BCUT2D eigenvalue weighted by Gasteiger charge is -2.26. The van der Waals surface area contributed by atoms with Crippen LogP contribution in [0.25, 0.3) is 22.4 Å². The van der Waals surface area contributed by atoms with Gasteiger partial charge in [-0.3, -0.25) is 15.0 Å². The molecule has 0 atom stereocenters. The Morgan fingerprint density at radius 2 is 2.06 bits per heavy atom. The lowest BCUT2D eigenvalue weighted by molar-refractivity contribution is 0.0323. The minimum atomic E-state index is -0.233. The number of morpholine rings is 1. The van der Waals surface area contributed by atoms with Crippen molar-refractivity contribution < 1.29 is 14.3 Å². The minimum absolute atomic E-state index is 0.233. The molecule has 1 saturated heterocycles. The van der Waals surface area contributed by atoms with Crippen LogP contribution in [-0.4, -0.2) is 65.2 Å². The summed E-state index contributed by atoms with van der Waals surface area (Å²) < 4.78 is 11.5. The molecule has 1 aliphatic heterocycles. The lowest BCUT2D eigenvalue weighted by Crippen LogP contribution is -2.38. The number of carbonyl (C=O) groups is 1. The molecule has 0 spiro atoms. The third kappa shape index (κ3) is 4.90. The van der Waals surface area contributed by atoms with Crippen molar-refractivity contribution in [3.8, 4) is 17.1 Å². The van der Waals surface area contributed by atoms with Crippen molar-refractivity contribution in [2.45, 2.75) is 6.92 Å². The monoisotopic (exact) mass is 463 g/mol. The number of nitrogens with zero attached hydrogens (tertiary/aromatic N) is 3. The van der Waals surface area contributed by atoms with E-state index in [9.17, 15) is 4.79 Å². The number of aromatic amines is 1. The molecule has 1 aliphatic rings. The number of aryl methyl sites for hydroxylation is 1. The van der Waals surface area contributed by atoms with Crippen LogP contribution < -0.4 is 10.1 Å². The summed E-state index contributed by atoms with van der Waals surface area (Å²) in [5.74, 6) is 1.19. The fraction of sp³-hybridized carbons (Fsp3) is 0.292. The molecule has 1 amide bonds. The zero-order valence-electron chi connectivity index (χ0n) is 18.3. The maximum atomic E-state index is 12.9. The first kappa shape index (κ1) is 21.6. The smallest absolute Gasteiger partial charge is 0.259 e. The Morgan fingerprint density at radius 1 is 1.21 bits per heavy atom. The first-order chi connectivity index (χ1) is 16.2. The van der Waals surface area contributed by atoms with Gasteiger partial charge < -0.3 is 14.5 Å². The zero-order valence-corrected chi connectivity index (χ0v) is 19.2. The number of nitrogens with one attached hydrogen (secondary N) is 2. The molecule has 0 bridgehead atoms. The molecule has 0 saturated carbocycles. The fourth-order valence-corrected chi connectivity index (χ4v) is 4.48. The first-order valence-corrected chi connectivity index (χ1v) is 11.7. The molecule has 170 valence electrons. The Hall–Kier alpha value is -3.27. The van der Waals surface area contributed by atoms with E-state index in [2.05, 4.69) is 20.2 Å². The molecule has 3 heterocycles. The number of aromatic nitrogens is 3. The van der Waals surface area contributed by atoms with E-state index in [1.54, 1.807) is 12.3 Å². The molecular formula is C24H25N5O3S. The Morgan fingerprint density at radius 3 is 2.88 bits per heavy atom. The number of anilines is 1. The SMILES string of the molecule is Cc1cnc(NC(=O)c2cccc3[nH]c(-c4ccccc4OCCN4CCOCC4)nc23)s1. The third-order valence-corrected chi connectivity index (χ3v) is 6.34. The molecule has 8 nitrogen and oxygen atoms in total. The number of imidazole rings is 1. The number of ether oxygens (including phenoxy) is 2. The highest BCUT2D eigenvalue weighted by Crippen LogP contribution is 2.30. The van der Waals surface area contributed by atoms with Crippen molar-refractivity contribution in [3.05, 3.63) is 59.1 Å². The molecule has 0 aliphatic carbocycles. The number of carbonyl (C=O) groups excluding carboxylic acids is 1. The van der Waals surface area contributed by atoms with Crippen LogP contribution in [0.4, 0.5) is 5.13 Å². The van der Waals surface area contributed by atoms with Crippen LogP contribution in [0, 0.1) is 6.92 Å². The number of hydrogen-bond acceptors (Lipinski definition) is 7. The Balaban J connectivity index is 1.37. The minimum Gasteiger partial charge on any atom is -0.491 e. The average molecular weight is 464 g/mol. The molecule has 5 rings (SSSR count). The van der Waals surface area contributed by atoms with Gasteiger partial charge >= 0.3 is 0 Å². The number of benzene rings is 2. The van der Waals surface area contributed by atoms with Crippen LogP contribution in [0.1, 0.15) is 15.2 Å². The van der Waals surface area contributed by atoms with Crippen LogP contribution in [-0.2, 0) is 4.74 Å². The predicted molar refractivity (Wildman–Crippen MR) is 129 cm³/mol. The van der Waals surface area contributed by atoms with Crippen molar-refractivity contribution in [3.63, 3.8) is 0 Å². The number of rotatable bonds is 7. The van der Waals surface area contributed by atoms with Gasteiger partial charge in [-0.1, -0.05) is 18.2 Å². The molecule has 1 fully saturated rings. The molecule has 2 N–H and O–H groups in total. The highest BCUT2D eigenvalue weighted by molar-refractivity contribution is 7.15. The van der Waals surface area contributed by atoms with E-state index in [4.69, 9.17) is 14.5 Å². The topological polar surface area (TPSA) is 92.4 Å². The largest absolute Gasteiger partial charge is 0.491 e. The molecule has 9 heteroatoms. The maximum Gasteiger partial charge on any atom is 0.259 e. The van der Waals surface area contributed by atoms with Crippen molar-refractivity contribution in [2.24, 2.45) is 0 Å². The number of thiazole rings is 1. The van der Waals surface area contributed by atoms with Gasteiger partial charge in [-0.15, -0.1) is 11.3 Å². The molecular weight excluding hydrogens is 438 g/mol. The van der Waals surface area contributed by atoms with E-state index in [1.165, 1.54) is 11.3 Å². The summed E-state index contributed by atoms with van der Waals surface area (Å²) in [6, 6.07) is 13.4. The van der Waals surface area contributed by atoms with Gasteiger partial charge in [0.2, 0.25) is 0 Å². The summed E-state index contributed by atoms with van der Waals surface area (Å²) in [6.45, 7) is 6.78. The molecule has 2 aromatic heterocycles. The molecule has 0 unspecified atom stereocenters. The molecule has 4 aromatic rings. The van der Waals surface area contributed by atoms with Crippen LogP contribution in [0.2, 0.25) is 0 Å². The van der Waals surface area contributed by atoms with E-state index in [0.717, 1.165) is 54.6 Å². The molecule has 0 radical (unpaired) electrons. The number of fused-ring (bicyclic) bond motifs is 1. The predicted octanol–water partition coefficient (Wildman–Crippen LogP) is 3.96. The van der Waals surface area contributed by atoms with Gasteiger partial charge in [0, 0.05) is 30.7 Å². The summed E-state index contributed by atoms with van der Waals surface area (Å²) in [6.07, 6.45) is 1.74. The lowest BCUT2D eigenvalue weighted by atomic mass is 10.1. The Bertz CT molecular complexity index is 1260. The van der Waals surface area contributed by atoms with Gasteiger partial charge in [0.15, 0.2) is 5.13 Å². The molecule has 33 heavy (non-hydrogen) atoms. The average Bonchev–Trinajstić information content (AvgIpc) is 3.45. The van der Waals surface area contributed by atoms with E-state index in [1.807, 2.05) is 43.3 Å². The summed E-state index contributed by atoms with van der Waals surface area (Å²) in [5.41, 5.74) is 2.75. The Kier molecular flexibility index (Phi) is 6.34. The van der Waals surface area contributed by atoms with Crippen molar-refractivity contribution in [1.29, 1.82) is 0 Å². The van der Waals surface area contributed by atoms with Crippen molar-refractivity contribution >= 4 is 33.4 Å². The number of para-hydroxylation sites is 2. The van der Waals surface area contributed by atoms with Gasteiger partial charge in [-0.25, -0.2) is 9.97 Å². The van der Waals surface area contributed by atoms with Crippen molar-refractivity contribution in [2.75, 3.05) is 44.8 Å². The normalized spacial score (nSPS) is 14.5. The highest BCUT2D eigenvalue weighted by atomic mass is 32.1. The summed E-state index contributed by atoms with van der Waals surface area (Å²) in [7, 11) is 0. The van der Waals surface area contributed by atoms with E-state index in [-0.39, 0.29) is 5.91 Å². The second kappa shape index (κ2) is 9.70. The zero-order chi connectivity index (χ0) is 22.6. The number of H-pyrrole nitrogens is 1. The van der Waals surface area contributed by atoms with Gasteiger partial charge in [0.1, 0.15) is 23.7 Å². The summed E-state index contributed by atoms with van der Waals surface area (Å²) in [4.78, 5) is 28.6. The third-order valence-electron chi connectivity index (χ3n) is 5.51. The molecule has 2 aromatic carbocycles. The van der Waals surface area contributed by atoms with Crippen LogP contribution in [0.15, 0.2) is 48.7 Å². The van der Waals surface area contributed by atoms with Gasteiger partial charge in [0.25, 0.3) is 5.91 Å². The van der Waals surface area contributed by atoms with Crippen LogP contribution >= 0.6 is 11.3 Å². The summed E-state index contributed by atoms with van der Waals surface area (Å²) in [5, 5.41) is 3.44. The van der Waals surface area contributed by atoms with Gasteiger partial charge in [0.05, 0.1) is 29.9 Å². The first-order valence-electron chi connectivity index (χ1n) is 10.9. The van der Waals surface area contributed by atoms with Crippen LogP contribution in [0.3, 0.4) is 0 Å². The van der Waals surface area contributed by atoms with Gasteiger partial charge in [-0.05, 0) is 31.2 Å². The number of amides is 1. The van der Waals surface area contributed by atoms with Crippen LogP contribution in [0.5, 0.6) is 5.75 Å². The highest BCUT2D eigenvalue weighted by Gasteiger charge is 2.18. The van der Waals surface area contributed by atoms with Gasteiger partial charge in [-0.2, -0.15) is 0 Å². The van der Waals surface area contributed by atoms with E-state index >= 15 is 0 Å². The van der Waals surface area contributed by atoms with E-state index < -0.39 is 0 Å². The second-order valence-corrected chi connectivity index (χ2v) is 9.05. The van der Waals surface area contributed by atoms with E-state index in [0.29, 0.717) is 28.6 Å². The quantitative estimate of drug-likeness (QED) is 0.431. The maximum absolute atomic E-state index is 12.9. The fourth-order valence-electron chi connectivity index (χ4n) is 3.82. The second-order valence-electron chi connectivity index (χ2n) is 7.82. The van der Waals surface area contributed by atoms with Crippen molar-refractivity contribution in [1.82, 2.24) is 19.9 Å². The summed E-state index contributed by atoms with van der Waals surface area (Å²) >= 11 is 1.44. The Labute approximate surface area is 195 Å². The number of hydrogen-bond donors (Lipinski definition) is 2.